The number of hydrogen-bond donors (Lipinski definition) is 1. The van der Waals surface area contributed by atoms with E-state index < -0.39 is 10.0 Å². The molecule has 2 N–H and O–H groups in total. The summed E-state index contributed by atoms with van der Waals surface area (Å²) in [7, 11) is -3.26. The Bertz CT molecular complexity index is 524. The molecule has 0 saturated heterocycles. The second kappa shape index (κ2) is 5.92. The van der Waals surface area contributed by atoms with Gasteiger partial charge in [-0.1, -0.05) is 25.1 Å². The van der Waals surface area contributed by atoms with E-state index in [4.69, 9.17) is 5.73 Å². The maximum Gasteiger partial charge on any atom is 0.218 e. The number of anilines is 1. The average Bonchev–Trinajstić information content (AvgIpc) is 3.15. The van der Waals surface area contributed by atoms with Gasteiger partial charge in [0, 0.05) is 18.8 Å². The van der Waals surface area contributed by atoms with Crippen molar-refractivity contribution in [2.24, 2.45) is 5.92 Å². The van der Waals surface area contributed by atoms with E-state index in [1.165, 1.54) is 0 Å². The molecule has 1 aromatic rings. The summed E-state index contributed by atoms with van der Waals surface area (Å²) in [6, 6.07) is 7.18. The van der Waals surface area contributed by atoms with Crippen LogP contribution in [0.25, 0.3) is 0 Å². The molecule has 0 spiro atoms. The molecule has 1 aliphatic carbocycles. The Morgan fingerprint density at radius 1 is 1.32 bits per heavy atom. The first kappa shape index (κ1) is 14.3. The minimum atomic E-state index is -3.26. The Morgan fingerprint density at radius 2 is 2.00 bits per heavy atom. The molecule has 1 saturated carbocycles. The van der Waals surface area contributed by atoms with Gasteiger partial charge in [0.1, 0.15) is 0 Å². The van der Waals surface area contributed by atoms with Crippen molar-refractivity contribution in [2.75, 3.05) is 18.8 Å². The van der Waals surface area contributed by atoms with Gasteiger partial charge in [0.15, 0.2) is 0 Å². The van der Waals surface area contributed by atoms with Crippen molar-refractivity contribution >= 4 is 15.7 Å². The Balaban J connectivity index is 2.12. The largest absolute Gasteiger partial charge is 0.398 e. The Labute approximate surface area is 115 Å². The molecule has 1 aromatic carbocycles. The number of benzene rings is 1. The predicted molar refractivity (Wildman–Crippen MR) is 78.1 cm³/mol. The highest BCUT2D eigenvalue weighted by Gasteiger charge is 2.30. The van der Waals surface area contributed by atoms with E-state index in [0.717, 1.165) is 19.3 Å². The first-order chi connectivity index (χ1) is 9.03. The fraction of sp³-hybridized carbons (Fsp3) is 0.571. The lowest BCUT2D eigenvalue weighted by molar-refractivity contribution is 0.395. The molecule has 0 amide bonds. The number of hydrogen-bond acceptors (Lipinski definition) is 3. The molecule has 0 heterocycles. The second-order valence-electron chi connectivity index (χ2n) is 5.26. The predicted octanol–water partition coefficient (Wildman–Crippen LogP) is 2.22. The molecule has 0 aliphatic heterocycles. The first-order valence-corrected chi connectivity index (χ1v) is 8.45. The van der Waals surface area contributed by atoms with Crippen LogP contribution in [0.5, 0.6) is 0 Å². The second-order valence-corrected chi connectivity index (χ2v) is 7.23. The summed E-state index contributed by atoms with van der Waals surface area (Å²) >= 11 is 0. The van der Waals surface area contributed by atoms with E-state index in [-0.39, 0.29) is 5.75 Å². The van der Waals surface area contributed by atoms with Crippen molar-refractivity contribution in [3.05, 3.63) is 29.8 Å². The fourth-order valence-corrected chi connectivity index (χ4v) is 3.87. The molecule has 0 aromatic heterocycles. The standard InChI is InChI=1S/C14H22N2O2S/c1-2-9-16(10-12-7-8-12)19(17,18)11-13-5-3-4-6-14(13)15/h3-6,12H,2,7-11,15H2,1H3. The molecule has 2 rings (SSSR count). The normalized spacial score (nSPS) is 15.9. The van der Waals surface area contributed by atoms with Crippen LogP contribution in [0.1, 0.15) is 31.7 Å². The summed E-state index contributed by atoms with van der Waals surface area (Å²) in [5, 5.41) is 0. The topological polar surface area (TPSA) is 63.4 Å². The van der Waals surface area contributed by atoms with Crippen LogP contribution in [0.15, 0.2) is 24.3 Å². The minimum absolute atomic E-state index is 0.00634. The van der Waals surface area contributed by atoms with Crippen molar-refractivity contribution in [3.63, 3.8) is 0 Å². The van der Waals surface area contributed by atoms with Gasteiger partial charge in [0.05, 0.1) is 5.75 Å². The van der Waals surface area contributed by atoms with Crippen LogP contribution >= 0.6 is 0 Å². The van der Waals surface area contributed by atoms with E-state index in [2.05, 4.69) is 0 Å². The summed E-state index contributed by atoms with van der Waals surface area (Å²) in [6.45, 7) is 3.28. The van der Waals surface area contributed by atoms with Crippen LogP contribution in [-0.4, -0.2) is 25.8 Å². The van der Waals surface area contributed by atoms with Crippen LogP contribution in [0, 0.1) is 5.92 Å². The van der Waals surface area contributed by atoms with E-state index in [1.54, 1.807) is 16.4 Å². The third-order valence-corrected chi connectivity index (χ3v) is 5.21. The lowest BCUT2D eigenvalue weighted by Crippen LogP contribution is -2.34. The van der Waals surface area contributed by atoms with E-state index in [9.17, 15) is 8.42 Å². The van der Waals surface area contributed by atoms with Gasteiger partial charge < -0.3 is 5.73 Å². The smallest absolute Gasteiger partial charge is 0.218 e. The van der Waals surface area contributed by atoms with Crippen LogP contribution in [0.4, 0.5) is 5.69 Å². The Morgan fingerprint density at radius 3 is 2.58 bits per heavy atom. The maximum absolute atomic E-state index is 12.5. The van der Waals surface area contributed by atoms with Crippen molar-refractivity contribution in [3.8, 4) is 0 Å². The molecule has 1 aliphatic rings. The molecule has 1 fully saturated rings. The van der Waals surface area contributed by atoms with Gasteiger partial charge in [0.25, 0.3) is 0 Å². The highest BCUT2D eigenvalue weighted by molar-refractivity contribution is 7.88. The van der Waals surface area contributed by atoms with Gasteiger partial charge in [-0.25, -0.2) is 12.7 Å². The lowest BCUT2D eigenvalue weighted by Gasteiger charge is -2.21. The monoisotopic (exact) mass is 282 g/mol. The SMILES string of the molecule is CCCN(CC1CC1)S(=O)(=O)Cc1ccccc1N. The minimum Gasteiger partial charge on any atom is -0.398 e. The Hall–Kier alpha value is -1.07. The molecule has 19 heavy (non-hydrogen) atoms. The molecule has 0 radical (unpaired) electrons. The number of nitrogen functional groups attached to an aromatic ring is 1. The van der Waals surface area contributed by atoms with Gasteiger partial charge in [-0.05, 0) is 36.8 Å². The molecular weight excluding hydrogens is 260 g/mol. The summed E-state index contributed by atoms with van der Waals surface area (Å²) < 4.78 is 26.6. The Kier molecular flexibility index (Phi) is 4.47. The van der Waals surface area contributed by atoms with Crippen molar-refractivity contribution in [2.45, 2.75) is 31.9 Å². The fourth-order valence-electron chi connectivity index (χ4n) is 2.14. The van der Waals surface area contributed by atoms with Gasteiger partial charge in [0.2, 0.25) is 10.0 Å². The molecule has 106 valence electrons. The highest BCUT2D eigenvalue weighted by atomic mass is 32.2. The van der Waals surface area contributed by atoms with Crippen LogP contribution < -0.4 is 5.73 Å². The van der Waals surface area contributed by atoms with Gasteiger partial charge >= 0.3 is 0 Å². The van der Waals surface area contributed by atoms with Crippen molar-refractivity contribution in [1.29, 1.82) is 0 Å². The summed E-state index contributed by atoms with van der Waals surface area (Å²) in [6.07, 6.45) is 3.16. The molecule has 5 heteroatoms. The van der Waals surface area contributed by atoms with Gasteiger partial charge in [-0.2, -0.15) is 0 Å². The molecule has 0 bridgehead atoms. The van der Waals surface area contributed by atoms with Crippen LogP contribution in [0.2, 0.25) is 0 Å². The zero-order valence-electron chi connectivity index (χ0n) is 11.4. The summed E-state index contributed by atoms with van der Waals surface area (Å²) in [4.78, 5) is 0. The number of sulfonamides is 1. The number of rotatable bonds is 7. The molecule has 0 atom stereocenters. The van der Waals surface area contributed by atoms with Crippen molar-refractivity contribution < 1.29 is 8.42 Å². The molecular formula is C14H22N2O2S. The molecule has 0 unspecified atom stereocenters. The number of para-hydroxylation sites is 1. The van der Waals surface area contributed by atoms with Gasteiger partial charge in [-0.3, -0.25) is 0 Å². The quantitative estimate of drug-likeness (QED) is 0.780. The summed E-state index contributed by atoms with van der Waals surface area (Å²) in [5.41, 5.74) is 7.08. The van der Waals surface area contributed by atoms with Crippen LogP contribution in [-0.2, 0) is 15.8 Å². The number of nitrogens with zero attached hydrogens (tertiary/aromatic N) is 1. The summed E-state index contributed by atoms with van der Waals surface area (Å²) in [5.74, 6) is 0.571. The molecule has 4 nitrogen and oxygen atoms in total. The highest BCUT2D eigenvalue weighted by Crippen LogP contribution is 2.31. The first-order valence-electron chi connectivity index (χ1n) is 6.84. The van der Waals surface area contributed by atoms with E-state index in [0.29, 0.717) is 30.3 Å². The third-order valence-electron chi connectivity index (χ3n) is 3.42. The van der Waals surface area contributed by atoms with E-state index in [1.807, 2.05) is 19.1 Å². The lowest BCUT2D eigenvalue weighted by atomic mass is 10.2. The zero-order valence-corrected chi connectivity index (χ0v) is 12.2. The third kappa shape index (κ3) is 3.94. The van der Waals surface area contributed by atoms with Crippen molar-refractivity contribution in [1.82, 2.24) is 4.31 Å². The maximum atomic E-state index is 12.5. The average molecular weight is 282 g/mol. The van der Waals surface area contributed by atoms with Gasteiger partial charge in [-0.15, -0.1) is 0 Å². The number of nitrogens with two attached hydrogens (primary N) is 1. The van der Waals surface area contributed by atoms with E-state index >= 15 is 0 Å². The zero-order chi connectivity index (χ0) is 13.9. The van der Waals surface area contributed by atoms with Crippen LogP contribution in [0.3, 0.4) is 0 Å².